The van der Waals surface area contributed by atoms with E-state index in [9.17, 15) is 9.18 Å². The van der Waals surface area contributed by atoms with Gasteiger partial charge in [-0.25, -0.2) is 9.49 Å². The van der Waals surface area contributed by atoms with Gasteiger partial charge in [0, 0.05) is 29.8 Å². The van der Waals surface area contributed by atoms with E-state index in [1.165, 1.54) is 6.07 Å². The SMILES string of the molecule is Cc1c(N2Cc3c(F)ccc(OC4CCNCC4)c3C2)cn[nH]c1=O. The molecular weight excluding hydrogens is 323 g/mol. The number of rotatable bonds is 3. The molecule has 0 unspecified atom stereocenters. The summed E-state index contributed by atoms with van der Waals surface area (Å²) in [4.78, 5) is 13.8. The lowest BCUT2D eigenvalue weighted by atomic mass is 10.1. The highest BCUT2D eigenvalue weighted by Crippen LogP contribution is 2.36. The van der Waals surface area contributed by atoms with Crippen LogP contribution in [0.25, 0.3) is 0 Å². The maximum absolute atomic E-state index is 14.3. The van der Waals surface area contributed by atoms with Crippen LogP contribution < -0.4 is 20.5 Å². The number of aromatic amines is 1. The summed E-state index contributed by atoms with van der Waals surface area (Å²) in [7, 11) is 0. The second kappa shape index (κ2) is 6.48. The smallest absolute Gasteiger partial charge is 0.269 e. The molecular formula is C18H21FN4O2. The topological polar surface area (TPSA) is 70.2 Å². The van der Waals surface area contributed by atoms with Crippen molar-refractivity contribution in [3.63, 3.8) is 0 Å². The first-order chi connectivity index (χ1) is 12.1. The van der Waals surface area contributed by atoms with Crippen molar-refractivity contribution in [2.75, 3.05) is 18.0 Å². The standard InChI is InChI=1S/C18H21FN4O2/c1-11-16(8-21-22-18(11)24)23-9-13-14(10-23)17(3-2-15(13)19)25-12-4-6-20-7-5-12/h2-3,8,12,20H,4-7,9-10H2,1H3,(H,22,24). The third-order valence-electron chi connectivity index (χ3n) is 5.03. The first-order valence-corrected chi connectivity index (χ1v) is 8.60. The summed E-state index contributed by atoms with van der Waals surface area (Å²) < 4.78 is 20.5. The average molecular weight is 344 g/mol. The molecule has 6 nitrogen and oxygen atoms in total. The normalized spacial score (nSPS) is 17.6. The van der Waals surface area contributed by atoms with Gasteiger partial charge in [0.25, 0.3) is 5.56 Å². The molecule has 0 aliphatic carbocycles. The fourth-order valence-electron chi connectivity index (χ4n) is 3.57. The lowest BCUT2D eigenvalue weighted by molar-refractivity contribution is 0.161. The Morgan fingerprint density at radius 1 is 1.24 bits per heavy atom. The van der Waals surface area contributed by atoms with E-state index >= 15 is 0 Å². The molecule has 0 bridgehead atoms. The number of anilines is 1. The largest absolute Gasteiger partial charge is 0.490 e. The van der Waals surface area contributed by atoms with Crippen LogP contribution in [0, 0.1) is 12.7 Å². The molecule has 132 valence electrons. The van der Waals surface area contributed by atoms with Gasteiger partial charge in [0.05, 0.1) is 11.9 Å². The number of fused-ring (bicyclic) bond motifs is 1. The zero-order valence-corrected chi connectivity index (χ0v) is 14.1. The van der Waals surface area contributed by atoms with Crippen LogP contribution in [0.1, 0.15) is 29.5 Å². The second-order valence-corrected chi connectivity index (χ2v) is 6.64. The van der Waals surface area contributed by atoms with Crippen LogP contribution in [0.5, 0.6) is 5.75 Å². The summed E-state index contributed by atoms with van der Waals surface area (Å²) in [6.45, 7) is 4.56. The van der Waals surface area contributed by atoms with Crippen LogP contribution in [-0.4, -0.2) is 29.4 Å². The fraction of sp³-hybridized carbons (Fsp3) is 0.444. The van der Waals surface area contributed by atoms with Crippen molar-refractivity contribution >= 4 is 5.69 Å². The molecule has 1 aromatic heterocycles. The molecule has 1 fully saturated rings. The molecule has 1 saturated heterocycles. The summed E-state index contributed by atoms with van der Waals surface area (Å²) in [5, 5.41) is 9.62. The van der Waals surface area contributed by atoms with Crippen LogP contribution in [0.15, 0.2) is 23.1 Å². The predicted molar refractivity (Wildman–Crippen MR) is 92.4 cm³/mol. The molecule has 1 aromatic carbocycles. The van der Waals surface area contributed by atoms with Gasteiger partial charge >= 0.3 is 0 Å². The Bertz CT molecular complexity index is 845. The quantitative estimate of drug-likeness (QED) is 0.890. The van der Waals surface area contributed by atoms with E-state index in [1.807, 2.05) is 4.90 Å². The molecule has 2 N–H and O–H groups in total. The number of piperidine rings is 1. The highest BCUT2D eigenvalue weighted by Gasteiger charge is 2.28. The molecule has 0 radical (unpaired) electrons. The van der Waals surface area contributed by atoms with E-state index in [0.717, 1.165) is 42.9 Å². The number of benzene rings is 1. The van der Waals surface area contributed by atoms with Gasteiger partial charge < -0.3 is 15.0 Å². The van der Waals surface area contributed by atoms with Gasteiger partial charge in [-0.1, -0.05) is 0 Å². The van der Waals surface area contributed by atoms with Crippen LogP contribution >= 0.6 is 0 Å². The molecule has 2 aliphatic rings. The van der Waals surface area contributed by atoms with Crippen molar-refractivity contribution in [3.8, 4) is 5.75 Å². The number of hydrogen-bond donors (Lipinski definition) is 2. The van der Waals surface area contributed by atoms with E-state index in [1.54, 1.807) is 19.2 Å². The summed E-state index contributed by atoms with van der Waals surface area (Å²) in [5.74, 6) is 0.520. The highest BCUT2D eigenvalue weighted by atomic mass is 19.1. The van der Waals surface area contributed by atoms with Gasteiger partial charge in [-0.05, 0) is 45.0 Å². The van der Waals surface area contributed by atoms with Crippen molar-refractivity contribution < 1.29 is 9.13 Å². The third kappa shape index (κ3) is 3.00. The van der Waals surface area contributed by atoms with Crippen LogP contribution in [-0.2, 0) is 13.1 Å². The molecule has 2 aromatic rings. The molecule has 0 amide bonds. The zero-order chi connectivity index (χ0) is 17.4. The van der Waals surface area contributed by atoms with E-state index in [0.29, 0.717) is 24.2 Å². The first kappa shape index (κ1) is 16.1. The minimum atomic E-state index is -0.231. The molecule has 3 heterocycles. The minimum absolute atomic E-state index is 0.160. The Kier molecular flexibility index (Phi) is 4.17. The second-order valence-electron chi connectivity index (χ2n) is 6.64. The number of nitrogens with zero attached hydrogens (tertiary/aromatic N) is 2. The van der Waals surface area contributed by atoms with Crippen molar-refractivity contribution in [3.05, 3.63) is 51.2 Å². The van der Waals surface area contributed by atoms with Gasteiger partial charge in [0.15, 0.2) is 0 Å². The van der Waals surface area contributed by atoms with E-state index < -0.39 is 0 Å². The fourth-order valence-corrected chi connectivity index (χ4v) is 3.57. The lowest BCUT2D eigenvalue weighted by Gasteiger charge is -2.25. The third-order valence-corrected chi connectivity index (χ3v) is 5.03. The monoisotopic (exact) mass is 344 g/mol. The Morgan fingerprint density at radius 3 is 2.80 bits per heavy atom. The summed E-state index contributed by atoms with van der Waals surface area (Å²) >= 11 is 0. The number of ether oxygens (including phenoxy) is 1. The molecule has 25 heavy (non-hydrogen) atoms. The van der Waals surface area contributed by atoms with Gasteiger partial charge in [-0.15, -0.1) is 0 Å². The molecule has 2 aliphatic heterocycles. The van der Waals surface area contributed by atoms with E-state index in [2.05, 4.69) is 15.5 Å². The van der Waals surface area contributed by atoms with Crippen LogP contribution in [0.2, 0.25) is 0 Å². The highest BCUT2D eigenvalue weighted by molar-refractivity contribution is 5.57. The van der Waals surface area contributed by atoms with Gasteiger partial charge in [0.2, 0.25) is 0 Å². The Morgan fingerprint density at radius 2 is 2.00 bits per heavy atom. The summed E-state index contributed by atoms with van der Waals surface area (Å²) in [5.41, 5.74) is 2.61. The van der Waals surface area contributed by atoms with Gasteiger partial charge in [0.1, 0.15) is 17.7 Å². The minimum Gasteiger partial charge on any atom is -0.490 e. The Labute approximate surface area is 145 Å². The van der Waals surface area contributed by atoms with Crippen molar-refractivity contribution in [2.45, 2.75) is 39.0 Å². The predicted octanol–water partition coefficient (Wildman–Crippen LogP) is 1.87. The van der Waals surface area contributed by atoms with Crippen LogP contribution in [0.4, 0.5) is 10.1 Å². The maximum Gasteiger partial charge on any atom is 0.269 e. The number of halogens is 1. The molecule has 7 heteroatoms. The zero-order valence-electron chi connectivity index (χ0n) is 14.1. The van der Waals surface area contributed by atoms with E-state index in [4.69, 9.17) is 4.74 Å². The molecule has 0 saturated carbocycles. The van der Waals surface area contributed by atoms with Crippen molar-refractivity contribution in [1.29, 1.82) is 0 Å². The number of nitrogens with one attached hydrogen (secondary N) is 2. The molecule has 0 spiro atoms. The molecule has 0 atom stereocenters. The lowest BCUT2D eigenvalue weighted by Crippen LogP contribution is -2.34. The average Bonchev–Trinajstić information content (AvgIpc) is 3.07. The van der Waals surface area contributed by atoms with Gasteiger partial charge in [-0.2, -0.15) is 5.10 Å². The van der Waals surface area contributed by atoms with Gasteiger partial charge in [-0.3, -0.25) is 4.79 Å². The number of aromatic nitrogens is 2. The Hall–Kier alpha value is -2.41. The van der Waals surface area contributed by atoms with Crippen molar-refractivity contribution in [1.82, 2.24) is 15.5 Å². The van der Waals surface area contributed by atoms with Crippen molar-refractivity contribution in [2.24, 2.45) is 0 Å². The van der Waals surface area contributed by atoms with Crippen LogP contribution in [0.3, 0.4) is 0 Å². The number of H-pyrrole nitrogens is 1. The first-order valence-electron chi connectivity index (χ1n) is 8.60. The summed E-state index contributed by atoms with van der Waals surface area (Å²) in [6.07, 6.45) is 3.68. The summed E-state index contributed by atoms with van der Waals surface area (Å²) in [6, 6.07) is 3.20. The number of hydrogen-bond acceptors (Lipinski definition) is 5. The van der Waals surface area contributed by atoms with E-state index in [-0.39, 0.29) is 17.5 Å². The molecule has 4 rings (SSSR count). The Balaban J connectivity index is 1.63. The maximum atomic E-state index is 14.3.